The van der Waals surface area contributed by atoms with Gasteiger partial charge in [-0.2, -0.15) is 0 Å². The van der Waals surface area contributed by atoms with Gasteiger partial charge in [-0.25, -0.2) is 9.97 Å². The molecule has 2 aliphatic rings. The maximum absolute atomic E-state index is 13.5. The van der Waals surface area contributed by atoms with Crippen molar-refractivity contribution in [1.82, 2.24) is 19.9 Å². The van der Waals surface area contributed by atoms with Crippen LogP contribution in [0.25, 0.3) is 0 Å². The third-order valence-corrected chi connectivity index (χ3v) is 6.88. The first kappa shape index (κ1) is 22.5. The molecule has 3 aromatic rings. The van der Waals surface area contributed by atoms with Crippen molar-refractivity contribution in [3.05, 3.63) is 82.9 Å². The van der Waals surface area contributed by atoms with Crippen LogP contribution >= 0.6 is 0 Å². The van der Waals surface area contributed by atoms with Gasteiger partial charge in [0.25, 0.3) is 5.91 Å². The molecular formula is C28H33N5O. The fraction of sp³-hybridized carbons (Fsp3) is 0.429. The number of rotatable bonds is 5. The van der Waals surface area contributed by atoms with Crippen LogP contribution < -0.4 is 4.90 Å². The molecule has 6 heteroatoms. The Balaban J connectivity index is 1.30. The molecule has 2 fully saturated rings. The zero-order valence-electron chi connectivity index (χ0n) is 20.0. The maximum atomic E-state index is 13.5. The highest BCUT2D eigenvalue weighted by atomic mass is 16.2. The van der Waals surface area contributed by atoms with E-state index in [1.165, 1.54) is 12.0 Å². The van der Waals surface area contributed by atoms with Gasteiger partial charge in [0.2, 0.25) is 5.95 Å². The van der Waals surface area contributed by atoms with Gasteiger partial charge in [-0.15, -0.1) is 0 Å². The van der Waals surface area contributed by atoms with E-state index in [-0.39, 0.29) is 11.8 Å². The topological polar surface area (TPSA) is 62.2 Å². The minimum atomic E-state index is 0.00824. The summed E-state index contributed by atoms with van der Waals surface area (Å²) in [6.45, 7) is 5.33. The molecule has 2 aromatic heterocycles. The van der Waals surface area contributed by atoms with Crippen LogP contribution in [0.1, 0.15) is 71.2 Å². The van der Waals surface area contributed by atoms with Gasteiger partial charge < -0.3 is 9.80 Å². The Morgan fingerprint density at radius 2 is 1.74 bits per heavy atom. The summed E-state index contributed by atoms with van der Waals surface area (Å²) in [5, 5.41) is 0. The first-order valence-corrected chi connectivity index (χ1v) is 12.6. The summed E-state index contributed by atoms with van der Waals surface area (Å²) < 4.78 is 0. The molecule has 6 nitrogen and oxygen atoms in total. The molecule has 0 saturated carbocycles. The van der Waals surface area contributed by atoms with Gasteiger partial charge in [0.05, 0.1) is 0 Å². The van der Waals surface area contributed by atoms with Crippen molar-refractivity contribution in [2.75, 3.05) is 31.1 Å². The molecule has 2 aliphatic heterocycles. The second kappa shape index (κ2) is 10.3. The van der Waals surface area contributed by atoms with E-state index < -0.39 is 0 Å². The Bertz CT molecular complexity index is 1130. The molecule has 0 N–H and O–H groups in total. The summed E-state index contributed by atoms with van der Waals surface area (Å²) >= 11 is 0. The molecule has 4 heterocycles. The van der Waals surface area contributed by atoms with Crippen LogP contribution in [0, 0.1) is 6.92 Å². The van der Waals surface area contributed by atoms with Crippen LogP contribution in [-0.2, 0) is 6.42 Å². The molecule has 0 radical (unpaired) electrons. The smallest absolute Gasteiger partial charge is 0.272 e. The first-order chi connectivity index (χ1) is 16.7. The van der Waals surface area contributed by atoms with Crippen molar-refractivity contribution < 1.29 is 4.79 Å². The van der Waals surface area contributed by atoms with Gasteiger partial charge in [0, 0.05) is 55.6 Å². The van der Waals surface area contributed by atoms with Gasteiger partial charge in [-0.05, 0) is 62.8 Å². The third-order valence-electron chi connectivity index (χ3n) is 6.88. The number of carbonyl (C=O) groups excluding carboxylic acids is 1. The van der Waals surface area contributed by atoms with E-state index in [9.17, 15) is 4.79 Å². The maximum Gasteiger partial charge on any atom is 0.272 e. The number of amides is 1. The molecule has 0 spiro atoms. The fourth-order valence-electron chi connectivity index (χ4n) is 5.09. The third kappa shape index (κ3) is 5.27. The van der Waals surface area contributed by atoms with Gasteiger partial charge in [0.1, 0.15) is 5.69 Å². The van der Waals surface area contributed by atoms with E-state index in [4.69, 9.17) is 9.97 Å². The predicted octanol–water partition coefficient (Wildman–Crippen LogP) is 4.78. The molecule has 5 rings (SSSR count). The quantitative estimate of drug-likeness (QED) is 0.554. The van der Waals surface area contributed by atoms with Crippen LogP contribution in [-0.4, -0.2) is 51.9 Å². The standard InChI is InChI=1S/C28H33N5O/c1-21-18-26(31-28(29-21)32-15-6-3-7-16-32)27(34)33-17-9-12-23(20-33)25-14-8-13-24(30-25)19-22-10-4-2-5-11-22/h2,4-5,8,10-11,13-14,18,23H,3,6-7,9,12,15-17,19-20H2,1H3/t23-/m1/s1. The molecule has 2 saturated heterocycles. The summed E-state index contributed by atoms with van der Waals surface area (Å²) in [5.74, 6) is 0.957. The average molecular weight is 456 g/mol. The van der Waals surface area contributed by atoms with Crippen molar-refractivity contribution in [3.8, 4) is 0 Å². The number of aryl methyl sites for hydroxylation is 1. The molecule has 0 bridgehead atoms. The number of hydrogen-bond acceptors (Lipinski definition) is 5. The molecule has 1 aromatic carbocycles. The Morgan fingerprint density at radius 3 is 2.56 bits per heavy atom. The van der Waals surface area contributed by atoms with E-state index in [1.54, 1.807) is 0 Å². The van der Waals surface area contributed by atoms with Crippen LogP contribution in [0.5, 0.6) is 0 Å². The number of anilines is 1. The highest BCUT2D eigenvalue weighted by Crippen LogP contribution is 2.27. The van der Waals surface area contributed by atoms with Gasteiger partial charge >= 0.3 is 0 Å². The number of carbonyl (C=O) groups is 1. The number of likely N-dealkylation sites (tertiary alicyclic amines) is 1. The summed E-state index contributed by atoms with van der Waals surface area (Å²) in [7, 11) is 0. The zero-order valence-corrected chi connectivity index (χ0v) is 20.0. The molecule has 1 amide bonds. The number of nitrogens with zero attached hydrogens (tertiary/aromatic N) is 5. The number of pyridine rings is 1. The highest BCUT2D eigenvalue weighted by molar-refractivity contribution is 5.92. The minimum absolute atomic E-state index is 0.00824. The van der Waals surface area contributed by atoms with Crippen molar-refractivity contribution >= 4 is 11.9 Å². The Hall–Kier alpha value is -3.28. The van der Waals surface area contributed by atoms with E-state index in [0.29, 0.717) is 18.2 Å². The van der Waals surface area contributed by atoms with E-state index >= 15 is 0 Å². The fourth-order valence-corrected chi connectivity index (χ4v) is 5.09. The van der Waals surface area contributed by atoms with Gasteiger partial charge in [-0.3, -0.25) is 9.78 Å². The first-order valence-electron chi connectivity index (χ1n) is 12.6. The van der Waals surface area contributed by atoms with Crippen molar-refractivity contribution in [3.63, 3.8) is 0 Å². The normalized spacial score (nSPS) is 18.7. The summed E-state index contributed by atoms with van der Waals surface area (Å²) in [5.41, 5.74) is 4.78. The van der Waals surface area contributed by atoms with Crippen molar-refractivity contribution in [2.45, 2.75) is 51.4 Å². The lowest BCUT2D eigenvalue weighted by Gasteiger charge is -2.33. The van der Waals surface area contributed by atoms with Crippen LogP contribution in [0.4, 0.5) is 5.95 Å². The lowest BCUT2D eigenvalue weighted by molar-refractivity contribution is 0.0699. The number of aromatic nitrogens is 3. The summed E-state index contributed by atoms with van der Waals surface area (Å²) in [4.78, 5) is 31.9. The molecule has 0 aliphatic carbocycles. The van der Waals surface area contributed by atoms with Gasteiger partial charge in [-0.1, -0.05) is 36.4 Å². The van der Waals surface area contributed by atoms with Crippen molar-refractivity contribution in [1.29, 1.82) is 0 Å². The highest BCUT2D eigenvalue weighted by Gasteiger charge is 2.28. The zero-order chi connectivity index (χ0) is 23.3. The Kier molecular flexibility index (Phi) is 6.84. The molecule has 1 atom stereocenters. The molecule has 0 unspecified atom stereocenters. The minimum Gasteiger partial charge on any atom is -0.341 e. The SMILES string of the molecule is Cc1cc(C(=O)N2CCC[C@@H](c3cccc(Cc4ccccc4)n3)C2)nc(N2CCCCC2)n1. The largest absolute Gasteiger partial charge is 0.341 e. The molecule has 34 heavy (non-hydrogen) atoms. The Labute approximate surface area is 202 Å². The predicted molar refractivity (Wildman–Crippen MR) is 134 cm³/mol. The van der Waals surface area contributed by atoms with E-state index in [0.717, 1.165) is 68.8 Å². The number of benzene rings is 1. The Morgan fingerprint density at radius 1 is 0.912 bits per heavy atom. The van der Waals surface area contributed by atoms with Crippen LogP contribution in [0.3, 0.4) is 0 Å². The summed E-state index contributed by atoms with van der Waals surface area (Å²) in [6.07, 6.45) is 6.42. The lowest BCUT2D eigenvalue weighted by Crippen LogP contribution is -2.40. The monoisotopic (exact) mass is 455 g/mol. The second-order valence-electron chi connectivity index (χ2n) is 9.55. The van der Waals surface area contributed by atoms with Crippen molar-refractivity contribution in [2.24, 2.45) is 0 Å². The summed E-state index contributed by atoms with van der Waals surface area (Å²) in [6, 6.07) is 18.6. The van der Waals surface area contributed by atoms with Gasteiger partial charge in [0.15, 0.2) is 0 Å². The van der Waals surface area contributed by atoms with E-state index in [1.807, 2.05) is 24.0 Å². The second-order valence-corrected chi connectivity index (χ2v) is 9.55. The number of hydrogen-bond donors (Lipinski definition) is 0. The van der Waals surface area contributed by atoms with E-state index in [2.05, 4.69) is 52.3 Å². The lowest BCUT2D eigenvalue weighted by atomic mass is 9.93. The average Bonchev–Trinajstić information content (AvgIpc) is 2.89. The molecule has 176 valence electrons. The molecular weight excluding hydrogens is 422 g/mol. The van der Waals surface area contributed by atoms with Crippen LogP contribution in [0.2, 0.25) is 0 Å². The number of piperidine rings is 2. The van der Waals surface area contributed by atoms with Crippen LogP contribution in [0.15, 0.2) is 54.6 Å².